The van der Waals surface area contributed by atoms with Crippen LogP contribution < -0.4 is 10.4 Å². The summed E-state index contributed by atoms with van der Waals surface area (Å²) >= 11 is 4.90. The van der Waals surface area contributed by atoms with Gasteiger partial charge in [-0.25, -0.2) is 0 Å². The molecule has 6 nitrogen and oxygen atoms in total. The van der Waals surface area contributed by atoms with E-state index in [1.165, 1.54) is 58.7 Å². The predicted octanol–water partition coefficient (Wildman–Crippen LogP) is 11.2. The maximum atomic E-state index is 12.1. The standard InChI is InChI=1S/C44H48N2O4S3Si/c1-5-49-41(47)13-9-7-11-25-54(26-12-8-10-14-42(48)50-6-2)39-27-29(3)15-18-32(39)33-19-17-31(28-40(33)54)36-23-24-38(52-36)35-21-20-34(37-22-16-30(4)51-37)43-44(35)46-53-45-43/h15-24,27-28H,5-14,25-26H2,1-4H3. The number of carbonyl (C=O) groups is 2. The van der Waals surface area contributed by atoms with E-state index in [-0.39, 0.29) is 11.9 Å². The fourth-order valence-corrected chi connectivity index (χ4v) is 16.3. The van der Waals surface area contributed by atoms with Crippen LogP contribution in [0.2, 0.25) is 12.1 Å². The molecule has 0 radical (unpaired) electrons. The molecule has 0 bridgehead atoms. The largest absolute Gasteiger partial charge is 0.466 e. The van der Waals surface area contributed by atoms with Crippen molar-refractivity contribution in [3.05, 3.63) is 83.2 Å². The van der Waals surface area contributed by atoms with Crippen molar-refractivity contribution in [2.75, 3.05) is 13.2 Å². The molecular weight excluding hydrogens is 745 g/mol. The third-order valence-corrected chi connectivity index (χ3v) is 18.7. The van der Waals surface area contributed by atoms with Gasteiger partial charge in [0.2, 0.25) is 0 Å². The minimum Gasteiger partial charge on any atom is -0.466 e. The number of unbranched alkanes of at least 4 members (excludes halogenated alkanes) is 4. The number of ether oxygens (including phenoxy) is 2. The van der Waals surface area contributed by atoms with Gasteiger partial charge in [0.05, 0.1) is 24.9 Å². The number of aromatic nitrogens is 2. The van der Waals surface area contributed by atoms with Crippen molar-refractivity contribution in [2.45, 2.75) is 91.1 Å². The van der Waals surface area contributed by atoms with Gasteiger partial charge < -0.3 is 9.47 Å². The molecule has 0 fully saturated rings. The molecule has 4 heterocycles. The number of esters is 2. The van der Waals surface area contributed by atoms with Crippen LogP contribution in [0, 0.1) is 13.8 Å². The lowest BCUT2D eigenvalue weighted by Gasteiger charge is -2.31. The zero-order chi connectivity index (χ0) is 37.7. The average molecular weight is 793 g/mol. The first-order valence-corrected chi connectivity index (χ1v) is 24.1. The molecule has 3 aromatic carbocycles. The molecule has 0 atom stereocenters. The van der Waals surface area contributed by atoms with Gasteiger partial charge in [0.25, 0.3) is 0 Å². The first kappa shape index (κ1) is 38.3. The summed E-state index contributed by atoms with van der Waals surface area (Å²) in [6.45, 7) is 8.94. The smallest absolute Gasteiger partial charge is 0.305 e. The van der Waals surface area contributed by atoms with Crippen LogP contribution in [0.25, 0.3) is 53.5 Å². The summed E-state index contributed by atoms with van der Waals surface area (Å²) in [5.41, 5.74) is 9.54. The highest BCUT2D eigenvalue weighted by atomic mass is 32.1. The molecular formula is C44H48N2O4S3Si. The highest BCUT2D eigenvalue weighted by Gasteiger charge is 2.44. The number of benzene rings is 3. The highest BCUT2D eigenvalue weighted by Crippen LogP contribution is 2.43. The number of aryl methyl sites for hydroxylation is 2. The van der Waals surface area contributed by atoms with Crippen molar-refractivity contribution >= 4 is 75.8 Å². The second-order valence-electron chi connectivity index (χ2n) is 14.3. The highest BCUT2D eigenvalue weighted by molar-refractivity contribution is 7.19. The number of nitrogens with zero attached hydrogens (tertiary/aromatic N) is 2. The summed E-state index contributed by atoms with van der Waals surface area (Å²) in [6.07, 6.45) is 6.83. The lowest BCUT2D eigenvalue weighted by molar-refractivity contribution is -0.144. The molecule has 0 saturated heterocycles. The molecule has 0 aliphatic carbocycles. The quantitative estimate of drug-likeness (QED) is 0.0520. The van der Waals surface area contributed by atoms with Crippen molar-refractivity contribution in [1.29, 1.82) is 0 Å². The van der Waals surface area contributed by atoms with Crippen LogP contribution in [0.5, 0.6) is 0 Å². The molecule has 0 saturated carbocycles. The Balaban J connectivity index is 1.21. The van der Waals surface area contributed by atoms with Crippen LogP contribution >= 0.6 is 34.4 Å². The SMILES string of the molecule is CCOC(=O)CCCCC[Si]1(CCCCCC(=O)OCC)c2cc(C)ccc2-c2ccc(-c3ccc(-c4ccc(-c5ccc(C)s5)c5nsnc45)s3)cc21. The lowest BCUT2D eigenvalue weighted by atomic mass is 10.0. The van der Waals surface area contributed by atoms with Gasteiger partial charge in [-0.2, -0.15) is 8.75 Å². The Morgan fingerprint density at radius 2 is 1.13 bits per heavy atom. The van der Waals surface area contributed by atoms with Crippen molar-refractivity contribution in [1.82, 2.24) is 8.75 Å². The minimum absolute atomic E-state index is 0.0986. The van der Waals surface area contributed by atoms with Crippen LogP contribution in [0.3, 0.4) is 0 Å². The van der Waals surface area contributed by atoms with E-state index in [0.29, 0.717) is 26.1 Å². The molecule has 7 rings (SSSR count). The molecule has 0 N–H and O–H groups in total. The monoisotopic (exact) mass is 792 g/mol. The molecule has 1 aliphatic heterocycles. The van der Waals surface area contributed by atoms with Gasteiger partial charge in [-0.3, -0.25) is 9.59 Å². The first-order chi connectivity index (χ1) is 26.3. The van der Waals surface area contributed by atoms with E-state index in [9.17, 15) is 9.59 Å². The van der Waals surface area contributed by atoms with Gasteiger partial charge in [-0.1, -0.05) is 79.8 Å². The topological polar surface area (TPSA) is 78.4 Å². The molecule has 3 aromatic heterocycles. The summed E-state index contributed by atoms with van der Waals surface area (Å²) in [5, 5.41) is 3.09. The Morgan fingerprint density at radius 1 is 0.593 bits per heavy atom. The van der Waals surface area contributed by atoms with E-state index < -0.39 is 8.07 Å². The Bertz CT molecular complexity index is 2240. The van der Waals surface area contributed by atoms with Crippen LogP contribution in [0.4, 0.5) is 0 Å². The Labute approximate surface area is 331 Å². The number of hydrogen-bond donors (Lipinski definition) is 0. The fourth-order valence-electron chi connectivity index (χ4n) is 8.12. The van der Waals surface area contributed by atoms with Crippen LogP contribution in [-0.2, 0) is 19.1 Å². The molecule has 6 aromatic rings. The van der Waals surface area contributed by atoms with Crippen molar-refractivity contribution < 1.29 is 19.1 Å². The Kier molecular flexibility index (Phi) is 12.2. The average Bonchev–Trinajstić information content (AvgIpc) is 3.98. The maximum Gasteiger partial charge on any atom is 0.305 e. The Hall–Kier alpha value is -3.96. The van der Waals surface area contributed by atoms with Crippen molar-refractivity contribution in [2.24, 2.45) is 0 Å². The second kappa shape index (κ2) is 17.2. The number of rotatable bonds is 17. The van der Waals surface area contributed by atoms with Gasteiger partial charge in [-0.05, 0) is 104 Å². The van der Waals surface area contributed by atoms with Crippen LogP contribution in [0.1, 0.15) is 75.7 Å². The van der Waals surface area contributed by atoms with E-state index in [1.807, 2.05) is 25.2 Å². The Morgan fingerprint density at radius 3 is 1.72 bits per heavy atom. The van der Waals surface area contributed by atoms with Gasteiger partial charge in [-0.15, -0.1) is 22.7 Å². The summed E-state index contributed by atoms with van der Waals surface area (Å²) < 4.78 is 20.0. The van der Waals surface area contributed by atoms with Gasteiger partial charge in [0.1, 0.15) is 19.1 Å². The molecule has 1 aliphatic rings. The molecule has 10 heteroatoms. The summed E-state index contributed by atoms with van der Waals surface area (Å²) in [6, 6.07) is 29.8. The first-order valence-electron chi connectivity index (χ1n) is 19.3. The summed E-state index contributed by atoms with van der Waals surface area (Å²) in [7, 11) is -2.22. The molecule has 0 unspecified atom stereocenters. The van der Waals surface area contributed by atoms with Crippen molar-refractivity contribution in [3.63, 3.8) is 0 Å². The minimum atomic E-state index is -2.22. The molecule has 54 heavy (non-hydrogen) atoms. The zero-order valence-electron chi connectivity index (χ0n) is 31.7. The van der Waals surface area contributed by atoms with Gasteiger partial charge >= 0.3 is 11.9 Å². The molecule has 0 spiro atoms. The van der Waals surface area contributed by atoms with Crippen molar-refractivity contribution in [3.8, 4) is 42.4 Å². The van der Waals surface area contributed by atoms with E-state index in [1.54, 1.807) is 16.5 Å². The number of fused-ring (bicyclic) bond motifs is 4. The van der Waals surface area contributed by atoms with E-state index in [0.717, 1.165) is 72.8 Å². The molecule has 280 valence electrons. The summed E-state index contributed by atoms with van der Waals surface area (Å²) in [5.74, 6) is -0.197. The molecule has 0 amide bonds. The fraction of sp³-hybridized carbons (Fsp3) is 0.364. The van der Waals surface area contributed by atoms with Crippen LogP contribution in [-0.4, -0.2) is 42.0 Å². The van der Waals surface area contributed by atoms with Gasteiger partial charge in [0, 0.05) is 43.5 Å². The third-order valence-electron chi connectivity index (χ3n) is 10.7. The van der Waals surface area contributed by atoms with E-state index in [2.05, 4.69) is 86.6 Å². The second-order valence-corrected chi connectivity index (χ2v) is 21.5. The summed E-state index contributed by atoms with van der Waals surface area (Å²) in [4.78, 5) is 29.2. The third kappa shape index (κ3) is 8.03. The number of hydrogen-bond acceptors (Lipinski definition) is 9. The van der Waals surface area contributed by atoms with Crippen LogP contribution in [0.15, 0.2) is 72.8 Å². The number of carbonyl (C=O) groups excluding carboxylic acids is 2. The zero-order valence-corrected chi connectivity index (χ0v) is 35.1. The van der Waals surface area contributed by atoms with Gasteiger partial charge in [0.15, 0.2) is 0 Å². The van der Waals surface area contributed by atoms with E-state index >= 15 is 0 Å². The predicted molar refractivity (Wildman–Crippen MR) is 229 cm³/mol. The number of thiophene rings is 2. The normalized spacial score (nSPS) is 12.9. The lowest BCUT2D eigenvalue weighted by Crippen LogP contribution is -2.55. The van der Waals surface area contributed by atoms with E-state index in [4.69, 9.17) is 18.2 Å². The maximum absolute atomic E-state index is 12.1.